The van der Waals surface area contributed by atoms with Gasteiger partial charge in [0.15, 0.2) is 12.1 Å². The highest BCUT2D eigenvalue weighted by Crippen LogP contribution is 2.36. The van der Waals surface area contributed by atoms with Crippen LogP contribution >= 0.6 is 0 Å². The molecule has 0 atom stereocenters. The van der Waals surface area contributed by atoms with Crippen LogP contribution < -0.4 is 0 Å². The number of nitrogens with zero attached hydrogens (tertiary/aromatic N) is 2. The number of hydrogen-bond acceptors (Lipinski definition) is 2. The maximum atomic E-state index is 10.6. The molecule has 0 aliphatic heterocycles. The number of rotatable bonds is 3. The molecule has 1 aromatic rings. The highest BCUT2D eigenvalue weighted by atomic mass is 16.1. The van der Waals surface area contributed by atoms with E-state index in [0.29, 0.717) is 11.9 Å². The molecule has 0 amide bonds. The van der Waals surface area contributed by atoms with Crippen LogP contribution in [0.3, 0.4) is 0 Å². The van der Waals surface area contributed by atoms with Gasteiger partial charge in [0, 0.05) is 17.9 Å². The SMILES string of the molecule is CCc1cnc(C=O)n1C1CC1. The molecular formula is C9H12N2O. The Labute approximate surface area is 71.4 Å². The highest BCUT2D eigenvalue weighted by Gasteiger charge is 2.27. The number of carbonyl (C=O) groups is 1. The minimum Gasteiger partial charge on any atom is -0.323 e. The summed E-state index contributed by atoms with van der Waals surface area (Å²) in [4.78, 5) is 14.7. The van der Waals surface area contributed by atoms with Gasteiger partial charge in [-0.05, 0) is 19.3 Å². The Balaban J connectivity index is 2.42. The summed E-state index contributed by atoms with van der Waals surface area (Å²) in [5.74, 6) is 0.592. The van der Waals surface area contributed by atoms with E-state index in [4.69, 9.17) is 0 Å². The maximum Gasteiger partial charge on any atom is 0.185 e. The van der Waals surface area contributed by atoms with E-state index in [0.717, 1.165) is 12.7 Å². The fourth-order valence-electron chi connectivity index (χ4n) is 1.52. The van der Waals surface area contributed by atoms with E-state index in [1.54, 1.807) is 0 Å². The number of imidazole rings is 1. The summed E-state index contributed by atoms with van der Waals surface area (Å²) < 4.78 is 2.08. The Hall–Kier alpha value is -1.12. The molecule has 0 spiro atoms. The molecule has 64 valence electrons. The minimum atomic E-state index is 0.558. The standard InChI is InChI=1S/C9H12N2O/c1-2-7-5-10-9(6-12)11(7)8-3-4-8/h5-6,8H,2-4H2,1H3. The third kappa shape index (κ3) is 1.05. The van der Waals surface area contributed by atoms with Crippen molar-refractivity contribution < 1.29 is 4.79 Å². The van der Waals surface area contributed by atoms with E-state index < -0.39 is 0 Å². The number of carbonyl (C=O) groups excluding carboxylic acids is 1. The van der Waals surface area contributed by atoms with Crippen LogP contribution in [-0.2, 0) is 6.42 Å². The van der Waals surface area contributed by atoms with Crippen LogP contribution in [0.4, 0.5) is 0 Å². The molecule has 12 heavy (non-hydrogen) atoms. The van der Waals surface area contributed by atoms with Crippen molar-refractivity contribution in [2.75, 3.05) is 0 Å². The molecular weight excluding hydrogens is 152 g/mol. The van der Waals surface area contributed by atoms with Gasteiger partial charge in [-0.1, -0.05) is 6.92 Å². The molecule has 0 bridgehead atoms. The van der Waals surface area contributed by atoms with Crippen molar-refractivity contribution in [3.8, 4) is 0 Å². The first-order valence-electron chi connectivity index (χ1n) is 4.38. The largest absolute Gasteiger partial charge is 0.323 e. The van der Waals surface area contributed by atoms with Gasteiger partial charge in [-0.25, -0.2) is 4.98 Å². The molecule has 0 N–H and O–H groups in total. The third-order valence-corrected chi connectivity index (χ3v) is 2.28. The summed E-state index contributed by atoms with van der Waals surface area (Å²) in [6.45, 7) is 2.09. The second-order valence-corrected chi connectivity index (χ2v) is 3.18. The van der Waals surface area contributed by atoms with Crippen molar-refractivity contribution in [3.63, 3.8) is 0 Å². The Bertz CT molecular complexity index is 299. The Morgan fingerprint density at radius 1 is 1.75 bits per heavy atom. The quantitative estimate of drug-likeness (QED) is 0.636. The van der Waals surface area contributed by atoms with E-state index in [9.17, 15) is 4.79 Å². The predicted octanol–water partition coefficient (Wildman–Crippen LogP) is 1.59. The molecule has 1 aliphatic rings. The van der Waals surface area contributed by atoms with Gasteiger partial charge >= 0.3 is 0 Å². The van der Waals surface area contributed by atoms with Gasteiger partial charge in [-0.3, -0.25) is 4.79 Å². The van der Waals surface area contributed by atoms with E-state index in [1.807, 2.05) is 6.20 Å². The monoisotopic (exact) mass is 164 g/mol. The van der Waals surface area contributed by atoms with Crippen LogP contribution in [0, 0.1) is 0 Å². The van der Waals surface area contributed by atoms with Crippen LogP contribution in [0.2, 0.25) is 0 Å². The first-order valence-corrected chi connectivity index (χ1v) is 4.38. The minimum absolute atomic E-state index is 0.558. The average molecular weight is 164 g/mol. The van der Waals surface area contributed by atoms with E-state index in [2.05, 4.69) is 16.5 Å². The molecule has 0 saturated heterocycles. The van der Waals surface area contributed by atoms with Crippen LogP contribution in [0.5, 0.6) is 0 Å². The molecule has 1 fully saturated rings. The van der Waals surface area contributed by atoms with Crippen molar-refractivity contribution in [1.29, 1.82) is 0 Å². The van der Waals surface area contributed by atoms with Gasteiger partial charge in [0.05, 0.1) is 0 Å². The smallest absolute Gasteiger partial charge is 0.185 e. The van der Waals surface area contributed by atoms with Crippen LogP contribution in [0.25, 0.3) is 0 Å². The van der Waals surface area contributed by atoms with Crippen LogP contribution in [0.1, 0.15) is 42.1 Å². The van der Waals surface area contributed by atoms with Crippen molar-refractivity contribution >= 4 is 6.29 Å². The lowest BCUT2D eigenvalue weighted by atomic mass is 10.3. The van der Waals surface area contributed by atoms with Crippen molar-refractivity contribution in [3.05, 3.63) is 17.7 Å². The molecule has 1 aromatic heterocycles. The average Bonchev–Trinajstić information content (AvgIpc) is 2.85. The Morgan fingerprint density at radius 2 is 2.50 bits per heavy atom. The molecule has 2 rings (SSSR count). The maximum absolute atomic E-state index is 10.6. The highest BCUT2D eigenvalue weighted by molar-refractivity contribution is 5.69. The molecule has 1 saturated carbocycles. The van der Waals surface area contributed by atoms with Crippen molar-refractivity contribution in [2.45, 2.75) is 32.2 Å². The van der Waals surface area contributed by atoms with Crippen molar-refractivity contribution in [2.24, 2.45) is 0 Å². The van der Waals surface area contributed by atoms with E-state index in [-0.39, 0.29) is 0 Å². The number of aldehydes is 1. The first-order chi connectivity index (χ1) is 5.86. The second-order valence-electron chi connectivity index (χ2n) is 3.18. The summed E-state index contributed by atoms with van der Waals surface area (Å²) in [5.41, 5.74) is 1.18. The summed E-state index contributed by atoms with van der Waals surface area (Å²) in [7, 11) is 0. The zero-order valence-corrected chi connectivity index (χ0v) is 7.16. The first kappa shape index (κ1) is 7.53. The van der Waals surface area contributed by atoms with E-state index in [1.165, 1.54) is 18.5 Å². The zero-order chi connectivity index (χ0) is 8.55. The number of aromatic nitrogens is 2. The lowest BCUT2D eigenvalue weighted by molar-refractivity contribution is 0.111. The van der Waals surface area contributed by atoms with Crippen molar-refractivity contribution in [1.82, 2.24) is 9.55 Å². The molecule has 3 nitrogen and oxygen atoms in total. The normalized spacial score (nSPS) is 16.4. The molecule has 3 heteroatoms. The summed E-state index contributed by atoms with van der Waals surface area (Å²) in [6.07, 6.45) is 6.01. The number of hydrogen-bond donors (Lipinski definition) is 0. The molecule has 1 aliphatic carbocycles. The summed E-state index contributed by atoms with van der Waals surface area (Å²) in [6, 6.07) is 0.558. The fourth-order valence-corrected chi connectivity index (χ4v) is 1.52. The van der Waals surface area contributed by atoms with Gasteiger partial charge in [-0.2, -0.15) is 0 Å². The van der Waals surface area contributed by atoms with Gasteiger partial charge in [-0.15, -0.1) is 0 Å². The Morgan fingerprint density at radius 3 is 3.00 bits per heavy atom. The lowest BCUT2D eigenvalue weighted by Crippen LogP contribution is -2.03. The molecule has 0 radical (unpaired) electrons. The topological polar surface area (TPSA) is 34.9 Å². The third-order valence-electron chi connectivity index (χ3n) is 2.28. The fraction of sp³-hybridized carbons (Fsp3) is 0.556. The van der Waals surface area contributed by atoms with Gasteiger partial charge in [0.1, 0.15) is 0 Å². The van der Waals surface area contributed by atoms with Crippen LogP contribution in [-0.4, -0.2) is 15.8 Å². The summed E-state index contributed by atoms with van der Waals surface area (Å²) >= 11 is 0. The van der Waals surface area contributed by atoms with Gasteiger partial charge in [0.2, 0.25) is 0 Å². The Kier molecular flexibility index (Phi) is 1.71. The number of aryl methyl sites for hydroxylation is 1. The lowest BCUT2D eigenvalue weighted by Gasteiger charge is -2.04. The second kappa shape index (κ2) is 2.73. The van der Waals surface area contributed by atoms with Gasteiger partial charge in [0.25, 0.3) is 0 Å². The van der Waals surface area contributed by atoms with Crippen LogP contribution in [0.15, 0.2) is 6.20 Å². The van der Waals surface area contributed by atoms with Gasteiger partial charge < -0.3 is 4.57 Å². The molecule has 1 heterocycles. The zero-order valence-electron chi connectivity index (χ0n) is 7.16. The molecule has 0 aromatic carbocycles. The predicted molar refractivity (Wildman–Crippen MR) is 45.3 cm³/mol. The summed E-state index contributed by atoms with van der Waals surface area (Å²) in [5, 5.41) is 0. The molecule has 0 unspecified atom stereocenters. The van der Waals surface area contributed by atoms with E-state index >= 15 is 0 Å².